The number of hydrogen-bond donors (Lipinski definition) is 1. The Kier molecular flexibility index (Phi) is 2.56. The van der Waals surface area contributed by atoms with Gasteiger partial charge in [0.15, 0.2) is 0 Å². The highest BCUT2D eigenvalue weighted by Gasteiger charge is 2.24. The van der Waals surface area contributed by atoms with Crippen molar-refractivity contribution in [2.24, 2.45) is 0 Å². The van der Waals surface area contributed by atoms with Crippen LogP contribution in [0.2, 0.25) is 0 Å². The van der Waals surface area contributed by atoms with E-state index in [4.69, 9.17) is 0 Å². The van der Waals surface area contributed by atoms with Crippen LogP contribution in [0.3, 0.4) is 0 Å². The Bertz CT molecular complexity index is 407. The number of aromatic nitrogens is 3. The Morgan fingerprint density at radius 2 is 2.27 bits per heavy atom. The van der Waals surface area contributed by atoms with Gasteiger partial charge in [0.2, 0.25) is 0 Å². The highest BCUT2D eigenvalue weighted by Crippen LogP contribution is 2.10. The number of nitrogens with one attached hydrogen (secondary N) is 1. The molecule has 0 spiro atoms. The number of alkyl halides is 2. The second-order valence-electron chi connectivity index (χ2n) is 3.59. The minimum Gasteiger partial charge on any atom is -0.313 e. The first kappa shape index (κ1) is 10.3. The predicted molar refractivity (Wildman–Crippen MR) is 49.1 cm³/mol. The molecule has 1 fully saturated rings. The molecule has 0 unspecified atom stereocenters. The maximum atomic E-state index is 12.1. The summed E-state index contributed by atoms with van der Waals surface area (Å²) < 4.78 is 26.5. The summed E-state index contributed by atoms with van der Waals surface area (Å²) in [6.07, 6.45) is -2.55. The van der Waals surface area contributed by atoms with Crippen molar-refractivity contribution in [2.75, 3.05) is 13.1 Å². The van der Waals surface area contributed by atoms with Gasteiger partial charge in [-0.25, -0.2) is 18.3 Å². The lowest BCUT2D eigenvalue weighted by Crippen LogP contribution is -2.47. The van der Waals surface area contributed by atoms with E-state index in [1.165, 1.54) is 4.57 Å². The molecule has 1 saturated heterocycles. The molecule has 15 heavy (non-hydrogen) atoms. The zero-order chi connectivity index (χ0) is 11.0. The number of nitrogens with zero attached hydrogens (tertiary/aromatic N) is 3. The molecule has 0 saturated carbocycles. The van der Waals surface area contributed by atoms with Crippen LogP contribution in [0.15, 0.2) is 4.79 Å². The normalized spacial score (nSPS) is 17.1. The number of hydrogen-bond acceptors (Lipinski definition) is 3. The Morgan fingerprint density at radius 3 is 2.73 bits per heavy atom. The van der Waals surface area contributed by atoms with Gasteiger partial charge in [-0.2, -0.15) is 5.10 Å². The van der Waals surface area contributed by atoms with Crippen LogP contribution >= 0.6 is 0 Å². The van der Waals surface area contributed by atoms with Gasteiger partial charge in [-0.3, -0.25) is 4.57 Å². The van der Waals surface area contributed by atoms with E-state index in [1.54, 1.807) is 6.92 Å². The zero-order valence-electron chi connectivity index (χ0n) is 8.28. The maximum absolute atomic E-state index is 12.1. The van der Waals surface area contributed by atoms with Crippen LogP contribution in [0, 0.1) is 6.92 Å². The van der Waals surface area contributed by atoms with E-state index in [1.807, 2.05) is 0 Å². The summed E-state index contributed by atoms with van der Waals surface area (Å²) in [5, 5.41) is 6.83. The quantitative estimate of drug-likeness (QED) is 0.762. The molecule has 0 radical (unpaired) electrons. The molecule has 0 bridgehead atoms. The molecule has 0 aromatic carbocycles. The fourth-order valence-corrected chi connectivity index (χ4v) is 1.65. The second-order valence-corrected chi connectivity index (χ2v) is 3.59. The first-order chi connectivity index (χ1) is 7.09. The van der Waals surface area contributed by atoms with Gasteiger partial charge in [0.25, 0.3) is 6.43 Å². The van der Waals surface area contributed by atoms with E-state index in [2.05, 4.69) is 10.4 Å². The Labute approximate surface area is 84.7 Å². The summed E-state index contributed by atoms with van der Waals surface area (Å²) in [7, 11) is 0. The summed E-state index contributed by atoms with van der Waals surface area (Å²) in [5.41, 5.74) is -0.445. The third-order valence-corrected chi connectivity index (χ3v) is 2.48. The number of aryl methyl sites for hydroxylation is 1. The maximum Gasteiger partial charge on any atom is 0.346 e. The van der Waals surface area contributed by atoms with Crippen molar-refractivity contribution in [1.82, 2.24) is 19.7 Å². The van der Waals surface area contributed by atoms with Gasteiger partial charge in [0, 0.05) is 13.1 Å². The van der Waals surface area contributed by atoms with Gasteiger partial charge >= 0.3 is 5.69 Å². The largest absolute Gasteiger partial charge is 0.346 e. The van der Waals surface area contributed by atoms with E-state index in [0.717, 1.165) is 4.68 Å². The first-order valence-electron chi connectivity index (χ1n) is 4.74. The van der Waals surface area contributed by atoms with E-state index in [9.17, 15) is 13.6 Å². The molecule has 1 aliphatic heterocycles. The molecule has 1 aromatic heterocycles. The molecule has 1 aliphatic rings. The Balaban J connectivity index is 2.30. The summed E-state index contributed by atoms with van der Waals surface area (Å²) in [6, 6.07) is 0.0592. The van der Waals surface area contributed by atoms with Crippen LogP contribution in [0.25, 0.3) is 0 Å². The molecule has 1 aromatic rings. The highest BCUT2D eigenvalue weighted by atomic mass is 19.3. The van der Waals surface area contributed by atoms with Crippen LogP contribution in [0.4, 0.5) is 8.78 Å². The molecule has 0 amide bonds. The molecule has 84 valence electrons. The van der Waals surface area contributed by atoms with Crippen molar-refractivity contribution in [3.63, 3.8) is 0 Å². The van der Waals surface area contributed by atoms with Crippen LogP contribution in [0.1, 0.15) is 11.9 Å². The minimum atomic E-state index is -2.55. The molecule has 5 nitrogen and oxygen atoms in total. The number of halogens is 2. The fraction of sp³-hybridized carbons (Fsp3) is 0.750. The SMILES string of the molecule is Cc1nn(CC(F)F)c(=O)n1C1CNC1. The van der Waals surface area contributed by atoms with Crippen LogP contribution in [-0.4, -0.2) is 33.9 Å². The van der Waals surface area contributed by atoms with E-state index >= 15 is 0 Å². The molecular formula is C8H12F2N4O. The Hall–Kier alpha value is -1.24. The summed E-state index contributed by atoms with van der Waals surface area (Å²) in [6.45, 7) is 2.41. The van der Waals surface area contributed by atoms with Gasteiger partial charge in [-0.15, -0.1) is 0 Å². The monoisotopic (exact) mass is 218 g/mol. The molecule has 1 N–H and O–H groups in total. The van der Waals surface area contributed by atoms with Crippen molar-refractivity contribution in [3.05, 3.63) is 16.3 Å². The average Bonchev–Trinajstić information content (AvgIpc) is 2.29. The van der Waals surface area contributed by atoms with Gasteiger partial charge in [-0.05, 0) is 6.92 Å². The van der Waals surface area contributed by atoms with E-state index in [0.29, 0.717) is 18.9 Å². The van der Waals surface area contributed by atoms with Crippen molar-refractivity contribution in [3.8, 4) is 0 Å². The minimum absolute atomic E-state index is 0.0592. The second kappa shape index (κ2) is 3.73. The van der Waals surface area contributed by atoms with Crippen molar-refractivity contribution < 1.29 is 8.78 Å². The fourth-order valence-electron chi connectivity index (χ4n) is 1.65. The molecule has 0 aliphatic carbocycles. The molecule has 2 rings (SSSR count). The van der Waals surface area contributed by atoms with Crippen molar-refractivity contribution >= 4 is 0 Å². The van der Waals surface area contributed by atoms with Crippen molar-refractivity contribution in [1.29, 1.82) is 0 Å². The van der Waals surface area contributed by atoms with E-state index < -0.39 is 18.7 Å². The van der Waals surface area contributed by atoms with Crippen LogP contribution in [0.5, 0.6) is 0 Å². The number of rotatable bonds is 3. The van der Waals surface area contributed by atoms with Gasteiger partial charge in [-0.1, -0.05) is 0 Å². The lowest BCUT2D eigenvalue weighted by atomic mass is 10.2. The molecule has 2 heterocycles. The third kappa shape index (κ3) is 1.79. The zero-order valence-corrected chi connectivity index (χ0v) is 8.28. The first-order valence-corrected chi connectivity index (χ1v) is 4.74. The Morgan fingerprint density at radius 1 is 1.60 bits per heavy atom. The lowest BCUT2D eigenvalue weighted by molar-refractivity contribution is 0.119. The summed E-state index contributed by atoms with van der Waals surface area (Å²) >= 11 is 0. The predicted octanol–water partition coefficient (Wildman–Crippen LogP) is -0.237. The smallest absolute Gasteiger partial charge is 0.313 e. The topological polar surface area (TPSA) is 51.9 Å². The van der Waals surface area contributed by atoms with Gasteiger partial charge in [0.05, 0.1) is 6.04 Å². The average molecular weight is 218 g/mol. The summed E-state index contributed by atoms with van der Waals surface area (Å²) in [4.78, 5) is 11.7. The van der Waals surface area contributed by atoms with Crippen molar-refractivity contribution in [2.45, 2.75) is 25.9 Å². The van der Waals surface area contributed by atoms with Crippen LogP contribution in [-0.2, 0) is 6.54 Å². The van der Waals surface area contributed by atoms with Gasteiger partial charge in [0.1, 0.15) is 12.4 Å². The lowest BCUT2D eigenvalue weighted by Gasteiger charge is -2.27. The molecule has 0 atom stereocenters. The molecular weight excluding hydrogens is 206 g/mol. The molecule has 7 heteroatoms. The van der Waals surface area contributed by atoms with Gasteiger partial charge < -0.3 is 5.32 Å². The van der Waals surface area contributed by atoms with E-state index in [-0.39, 0.29) is 6.04 Å². The summed E-state index contributed by atoms with van der Waals surface area (Å²) in [5.74, 6) is 0.493. The highest BCUT2D eigenvalue weighted by molar-refractivity contribution is 4.93. The standard InChI is InChI=1S/C8H12F2N4O/c1-5-12-13(4-7(9)10)8(15)14(5)6-2-11-3-6/h6-7,11H,2-4H2,1H3. The van der Waals surface area contributed by atoms with Crippen LogP contribution < -0.4 is 11.0 Å². The third-order valence-electron chi connectivity index (χ3n) is 2.48.